The zero-order valence-electron chi connectivity index (χ0n) is 18.9. The van der Waals surface area contributed by atoms with Gasteiger partial charge in [-0.1, -0.05) is 18.2 Å². The predicted molar refractivity (Wildman–Crippen MR) is 121 cm³/mol. The molecule has 1 aliphatic carbocycles. The Kier molecular flexibility index (Phi) is 7.57. The summed E-state index contributed by atoms with van der Waals surface area (Å²) in [6.45, 7) is 3.96. The summed E-state index contributed by atoms with van der Waals surface area (Å²) in [5.74, 6) is -0.514. The number of halogens is 4. The molecule has 0 bridgehead atoms. The van der Waals surface area contributed by atoms with Crippen LogP contribution < -0.4 is 15.4 Å². The smallest absolute Gasteiger partial charge is 0.480 e. The number of carbonyl (C=O) groups is 2. The predicted octanol–water partition coefficient (Wildman–Crippen LogP) is 3.41. The summed E-state index contributed by atoms with van der Waals surface area (Å²) in [5.41, 5.74) is 1.12. The summed E-state index contributed by atoms with van der Waals surface area (Å²) >= 11 is 5.94. The standard InChI is InChI=1S/C23H24ClF3N4O5/c1-12(30-22(34)20-9-18(32)17-6-14(24)2-3-19(17)35-20)4-5-28-21(33)13-10-29-31(11-13)15-7-16(8-15)36-23(25,26)27/h2-3,6,10-11,15-16,18,20,32H,1,4-5,7-9H2,(H,28,33)(H,30,34)/t15?,16?,18-,20-/m1/s1. The first-order valence-corrected chi connectivity index (χ1v) is 11.6. The van der Waals surface area contributed by atoms with Gasteiger partial charge in [0.1, 0.15) is 5.75 Å². The van der Waals surface area contributed by atoms with Gasteiger partial charge in [0.05, 0.1) is 30.0 Å². The number of alkyl halides is 3. The van der Waals surface area contributed by atoms with E-state index in [4.69, 9.17) is 16.3 Å². The molecule has 1 aromatic heterocycles. The Morgan fingerprint density at radius 3 is 2.78 bits per heavy atom. The van der Waals surface area contributed by atoms with Crippen LogP contribution in [0.15, 0.2) is 42.9 Å². The maximum atomic E-state index is 12.5. The lowest BCUT2D eigenvalue weighted by molar-refractivity contribution is -0.353. The van der Waals surface area contributed by atoms with E-state index in [-0.39, 0.29) is 43.8 Å². The third-order valence-electron chi connectivity index (χ3n) is 5.95. The Morgan fingerprint density at radius 2 is 2.06 bits per heavy atom. The number of aliphatic hydroxyl groups excluding tert-OH is 1. The van der Waals surface area contributed by atoms with Crippen LogP contribution in [-0.2, 0) is 9.53 Å². The molecule has 2 atom stereocenters. The van der Waals surface area contributed by atoms with Crippen LogP contribution >= 0.6 is 11.6 Å². The number of amides is 2. The maximum absolute atomic E-state index is 12.5. The summed E-state index contributed by atoms with van der Waals surface area (Å²) < 4.78 is 47.8. The van der Waals surface area contributed by atoms with Gasteiger partial charge in [0.15, 0.2) is 6.10 Å². The van der Waals surface area contributed by atoms with E-state index in [2.05, 4.69) is 27.0 Å². The van der Waals surface area contributed by atoms with Gasteiger partial charge in [-0.15, -0.1) is 13.2 Å². The number of aliphatic hydroxyl groups is 1. The van der Waals surface area contributed by atoms with Crippen molar-refractivity contribution >= 4 is 23.4 Å². The molecule has 2 heterocycles. The fraction of sp³-hybridized carbons (Fsp3) is 0.435. The van der Waals surface area contributed by atoms with Gasteiger partial charge in [-0.25, -0.2) is 0 Å². The molecular weight excluding hydrogens is 505 g/mol. The molecule has 0 spiro atoms. The Labute approximate surface area is 209 Å². The van der Waals surface area contributed by atoms with Gasteiger partial charge in [-0.05, 0) is 31.0 Å². The lowest BCUT2D eigenvalue weighted by atomic mass is 9.89. The molecule has 13 heteroatoms. The summed E-state index contributed by atoms with van der Waals surface area (Å²) in [6, 6.07) is 4.52. The van der Waals surface area contributed by atoms with Crippen LogP contribution in [0.1, 0.15) is 53.8 Å². The molecular formula is C23H24ClF3N4O5. The first-order chi connectivity index (χ1) is 17.0. The molecule has 1 aromatic carbocycles. The fourth-order valence-corrected chi connectivity index (χ4v) is 4.20. The van der Waals surface area contributed by atoms with Crippen molar-refractivity contribution < 1.29 is 37.3 Å². The lowest BCUT2D eigenvalue weighted by Crippen LogP contribution is -2.41. The molecule has 2 aliphatic rings. The van der Waals surface area contributed by atoms with Crippen LogP contribution in [0.3, 0.4) is 0 Å². The number of nitrogens with zero attached hydrogens (tertiary/aromatic N) is 2. The second kappa shape index (κ2) is 10.5. The Hall–Kier alpha value is -3.09. The summed E-state index contributed by atoms with van der Waals surface area (Å²) in [4.78, 5) is 24.9. The van der Waals surface area contributed by atoms with Crippen LogP contribution in [0.25, 0.3) is 0 Å². The molecule has 1 fully saturated rings. The maximum Gasteiger partial charge on any atom is 0.522 e. The van der Waals surface area contributed by atoms with Crippen molar-refractivity contribution in [1.29, 1.82) is 0 Å². The van der Waals surface area contributed by atoms with Crippen LogP contribution in [0.2, 0.25) is 5.02 Å². The molecule has 0 unspecified atom stereocenters. The number of hydrogen-bond donors (Lipinski definition) is 3. The third-order valence-corrected chi connectivity index (χ3v) is 6.19. The number of benzene rings is 1. The average molecular weight is 529 g/mol. The fourth-order valence-electron chi connectivity index (χ4n) is 4.02. The third kappa shape index (κ3) is 6.37. The normalized spacial score (nSPS) is 23.1. The van der Waals surface area contributed by atoms with Crippen LogP contribution in [0.5, 0.6) is 5.75 Å². The van der Waals surface area contributed by atoms with Crippen molar-refractivity contribution in [3.05, 3.63) is 59.0 Å². The van der Waals surface area contributed by atoms with Crippen molar-refractivity contribution in [2.24, 2.45) is 0 Å². The highest BCUT2D eigenvalue weighted by Crippen LogP contribution is 2.38. The van der Waals surface area contributed by atoms with Crippen molar-refractivity contribution in [3.63, 3.8) is 0 Å². The number of aromatic nitrogens is 2. The van der Waals surface area contributed by atoms with E-state index in [0.717, 1.165) is 0 Å². The highest BCUT2D eigenvalue weighted by atomic mass is 35.5. The molecule has 1 aliphatic heterocycles. The summed E-state index contributed by atoms with van der Waals surface area (Å²) in [5, 5.41) is 20.1. The van der Waals surface area contributed by atoms with Gasteiger partial charge >= 0.3 is 6.36 Å². The van der Waals surface area contributed by atoms with E-state index in [9.17, 15) is 27.9 Å². The number of hydrogen-bond acceptors (Lipinski definition) is 6. The Balaban J connectivity index is 1.18. The van der Waals surface area contributed by atoms with Gasteiger partial charge < -0.3 is 20.5 Å². The van der Waals surface area contributed by atoms with E-state index in [1.807, 2.05) is 0 Å². The topological polar surface area (TPSA) is 115 Å². The zero-order valence-corrected chi connectivity index (χ0v) is 19.7. The largest absolute Gasteiger partial charge is 0.522 e. The van der Waals surface area contributed by atoms with Gasteiger partial charge in [-0.2, -0.15) is 5.10 Å². The lowest BCUT2D eigenvalue weighted by Gasteiger charge is -2.35. The number of rotatable bonds is 8. The molecule has 0 radical (unpaired) electrons. The molecule has 3 N–H and O–H groups in total. The number of carbonyl (C=O) groups excluding carboxylic acids is 2. The molecule has 194 valence electrons. The molecule has 1 saturated carbocycles. The SMILES string of the molecule is C=C(CCNC(=O)c1cnn(C2CC(OC(F)(F)F)C2)c1)NC(=O)[C@H]1C[C@@H](O)c2cc(Cl)ccc2O1. The molecule has 36 heavy (non-hydrogen) atoms. The highest BCUT2D eigenvalue weighted by Gasteiger charge is 2.41. The minimum atomic E-state index is -4.67. The Morgan fingerprint density at radius 1 is 1.31 bits per heavy atom. The average Bonchev–Trinajstić information content (AvgIpc) is 3.25. The molecule has 9 nitrogen and oxygen atoms in total. The van der Waals surface area contributed by atoms with Crippen LogP contribution in [0.4, 0.5) is 13.2 Å². The zero-order chi connectivity index (χ0) is 26.0. The first kappa shape index (κ1) is 26.0. The van der Waals surface area contributed by atoms with E-state index in [1.54, 1.807) is 18.2 Å². The number of nitrogens with one attached hydrogen (secondary N) is 2. The first-order valence-electron chi connectivity index (χ1n) is 11.2. The van der Waals surface area contributed by atoms with E-state index in [1.165, 1.54) is 17.1 Å². The van der Waals surface area contributed by atoms with Gasteiger partial charge in [0.25, 0.3) is 11.8 Å². The summed E-state index contributed by atoms with van der Waals surface area (Å²) in [7, 11) is 0. The van der Waals surface area contributed by atoms with Crippen LogP contribution in [0, 0.1) is 0 Å². The van der Waals surface area contributed by atoms with Gasteiger partial charge in [0, 0.05) is 41.9 Å². The van der Waals surface area contributed by atoms with Crippen molar-refractivity contribution in [2.45, 2.75) is 56.4 Å². The highest BCUT2D eigenvalue weighted by molar-refractivity contribution is 6.30. The molecule has 2 amide bonds. The second-order valence-corrected chi connectivity index (χ2v) is 9.10. The quantitative estimate of drug-likeness (QED) is 0.484. The number of ether oxygens (including phenoxy) is 2. The van der Waals surface area contributed by atoms with E-state index >= 15 is 0 Å². The minimum absolute atomic E-state index is 0.0528. The number of fused-ring (bicyclic) bond motifs is 1. The summed E-state index contributed by atoms with van der Waals surface area (Å²) in [6.07, 6.45) is -3.99. The van der Waals surface area contributed by atoms with Gasteiger partial charge in [0.2, 0.25) is 0 Å². The molecule has 0 saturated heterocycles. The van der Waals surface area contributed by atoms with Gasteiger partial charge in [-0.3, -0.25) is 19.0 Å². The molecule has 4 rings (SSSR count). The Bertz CT molecular complexity index is 1150. The minimum Gasteiger partial charge on any atom is -0.480 e. The van der Waals surface area contributed by atoms with Crippen molar-refractivity contribution in [1.82, 2.24) is 20.4 Å². The monoisotopic (exact) mass is 528 g/mol. The van der Waals surface area contributed by atoms with E-state index in [0.29, 0.717) is 22.0 Å². The van der Waals surface area contributed by atoms with Crippen molar-refractivity contribution in [2.75, 3.05) is 6.54 Å². The van der Waals surface area contributed by atoms with E-state index < -0.39 is 36.5 Å². The second-order valence-electron chi connectivity index (χ2n) is 8.66. The molecule has 2 aromatic rings. The van der Waals surface area contributed by atoms with Crippen LogP contribution in [-0.4, -0.2) is 51.8 Å². The van der Waals surface area contributed by atoms with Crippen molar-refractivity contribution in [3.8, 4) is 5.75 Å².